The maximum absolute atomic E-state index is 14.1. The first-order valence-electron chi connectivity index (χ1n) is 7.48. The Morgan fingerprint density at radius 1 is 1.10 bits per heavy atom. The van der Waals surface area contributed by atoms with Crippen molar-refractivity contribution in [2.24, 2.45) is 5.92 Å². The van der Waals surface area contributed by atoms with Crippen molar-refractivity contribution in [2.45, 2.75) is 58.9 Å². The van der Waals surface area contributed by atoms with Crippen LogP contribution in [-0.2, 0) is 0 Å². The third-order valence-electron chi connectivity index (χ3n) is 3.83. The summed E-state index contributed by atoms with van der Waals surface area (Å²) in [6.45, 7) is 11.2. The molecule has 0 aliphatic carbocycles. The molecule has 0 amide bonds. The lowest BCUT2D eigenvalue weighted by molar-refractivity contribution is 0.328. The molecule has 114 valence electrons. The highest BCUT2D eigenvalue weighted by atomic mass is 19.1. The molecular weight excluding hydrogens is 256 g/mol. The van der Waals surface area contributed by atoms with Crippen LogP contribution >= 0.6 is 0 Å². The smallest absolute Gasteiger partial charge is 0.129 e. The molecule has 1 N–H and O–H groups in total. The number of nitrogens with one attached hydrogen (secondary N) is 1. The van der Waals surface area contributed by atoms with Gasteiger partial charge in [0.05, 0.1) is 0 Å². The van der Waals surface area contributed by atoms with E-state index in [0.29, 0.717) is 18.0 Å². The Morgan fingerprint density at radius 2 is 1.70 bits per heavy atom. The van der Waals surface area contributed by atoms with Crippen molar-refractivity contribution in [2.75, 3.05) is 6.54 Å². The van der Waals surface area contributed by atoms with E-state index >= 15 is 0 Å². The van der Waals surface area contributed by atoms with Crippen molar-refractivity contribution in [3.05, 3.63) is 35.4 Å². The largest absolute Gasteiger partial charge is 0.311 e. The zero-order valence-electron chi connectivity index (χ0n) is 13.3. The van der Waals surface area contributed by atoms with Gasteiger partial charge in [0.2, 0.25) is 0 Å². The second-order valence-electron chi connectivity index (χ2n) is 6.48. The Kier molecular flexibility index (Phi) is 6.12. The molecule has 1 nitrogen and oxygen atoms in total. The van der Waals surface area contributed by atoms with Crippen LogP contribution in [0.1, 0.15) is 58.9 Å². The maximum atomic E-state index is 14.1. The third-order valence-corrected chi connectivity index (χ3v) is 3.83. The van der Waals surface area contributed by atoms with Gasteiger partial charge in [-0.05, 0) is 38.3 Å². The van der Waals surface area contributed by atoms with Crippen LogP contribution in [0.15, 0.2) is 18.2 Å². The quantitative estimate of drug-likeness (QED) is 0.785. The zero-order valence-corrected chi connectivity index (χ0v) is 13.3. The molecule has 0 aromatic heterocycles. The molecule has 0 spiro atoms. The second kappa shape index (κ2) is 7.16. The van der Waals surface area contributed by atoms with Crippen LogP contribution < -0.4 is 5.32 Å². The van der Waals surface area contributed by atoms with Crippen molar-refractivity contribution >= 4 is 0 Å². The second-order valence-corrected chi connectivity index (χ2v) is 6.48. The number of benzene rings is 1. The molecule has 1 aromatic rings. The van der Waals surface area contributed by atoms with Crippen molar-refractivity contribution in [1.82, 2.24) is 5.32 Å². The lowest BCUT2D eigenvalue weighted by Crippen LogP contribution is -2.40. The molecule has 0 fully saturated rings. The topological polar surface area (TPSA) is 12.0 Å². The van der Waals surface area contributed by atoms with Crippen LogP contribution in [0.25, 0.3) is 0 Å². The number of halogens is 2. The minimum absolute atomic E-state index is 0.0131. The monoisotopic (exact) mass is 283 g/mol. The first kappa shape index (κ1) is 17.1. The first-order valence-corrected chi connectivity index (χ1v) is 7.48. The van der Waals surface area contributed by atoms with E-state index in [1.54, 1.807) is 6.07 Å². The SMILES string of the molecule is CCC(CC)C(CNC(C)(C)C)c1ccc(F)cc1F. The Balaban J connectivity index is 3.02. The molecule has 0 radical (unpaired) electrons. The first-order chi connectivity index (χ1) is 9.28. The molecule has 0 bridgehead atoms. The van der Waals surface area contributed by atoms with Crippen LogP contribution in [0.4, 0.5) is 8.78 Å². The van der Waals surface area contributed by atoms with E-state index in [4.69, 9.17) is 0 Å². The van der Waals surface area contributed by atoms with Crippen molar-refractivity contribution in [1.29, 1.82) is 0 Å². The van der Waals surface area contributed by atoms with Gasteiger partial charge in [0.25, 0.3) is 0 Å². The van der Waals surface area contributed by atoms with Gasteiger partial charge in [0.15, 0.2) is 0 Å². The third kappa shape index (κ3) is 4.86. The summed E-state index contributed by atoms with van der Waals surface area (Å²) in [6, 6.07) is 3.94. The van der Waals surface area contributed by atoms with Gasteiger partial charge in [-0.3, -0.25) is 0 Å². The normalized spacial score (nSPS) is 13.8. The predicted octanol–water partition coefficient (Wildman–Crippen LogP) is 4.87. The summed E-state index contributed by atoms with van der Waals surface area (Å²) in [4.78, 5) is 0. The van der Waals surface area contributed by atoms with E-state index < -0.39 is 11.6 Å². The summed E-state index contributed by atoms with van der Waals surface area (Å²) in [5, 5.41) is 3.45. The van der Waals surface area contributed by atoms with Crippen LogP contribution in [0, 0.1) is 17.6 Å². The van der Waals surface area contributed by atoms with Gasteiger partial charge in [0.1, 0.15) is 11.6 Å². The molecule has 0 saturated carbocycles. The van der Waals surface area contributed by atoms with E-state index in [2.05, 4.69) is 39.9 Å². The van der Waals surface area contributed by atoms with Gasteiger partial charge in [0, 0.05) is 24.1 Å². The summed E-state index contributed by atoms with van der Waals surface area (Å²) in [5.74, 6) is -0.481. The summed E-state index contributed by atoms with van der Waals surface area (Å²) < 4.78 is 27.2. The van der Waals surface area contributed by atoms with Gasteiger partial charge in [-0.25, -0.2) is 8.78 Å². The lowest BCUT2D eigenvalue weighted by Gasteiger charge is -2.30. The minimum Gasteiger partial charge on any atom is -0.311 e. The van der Waals surface area contributed by atoms with Crippen molar-refractivity contribution in [3.63, 3.8) is 0 Å². The minimum atomic E-state index is -0.515. The standard InChI is InChI=1S/C17H27F2N/c1-6-12(7-2)15(11-20-17(3,4)5)14-9-8-13(18)10-16(14)19/h8-10,12,15,20H,6-7,11H2,1-5H3. The fourth-order valence-electron chi connectivity index (χ4n) is 2.61. The van der Waals surface area contributed by atoms with Gasteiger partial charge in [-0.2, -0.15) is 0 Å². The molecule has 0 aliphatic rings. The fraction of sp³-hybridized carbons (Fsp3) is 0.647. The molecule has 1 aromatic carbocycles. The van der Waals surface area contributed by atoms with E-state index in [9.17, 15) is 8.78 Å². The van der Waals surface area contributed by atoms with Gasteiger partial charge >= 0.3 is 0 Å². The van der Waals surface area contributed by atoms with Crippen molar-refractivity contribution < 1.29 is 8.78 Å². The molecule has 1 unspecified atom stereocenters. The molecule has 1 atom stereocenters. The van der Waals surface area contributed by atoms with Crippen LogP contribution in [0.2, 0.25) is 0 Å². The number of hydrogen-bond acceptors (Lipinski definition) is 1. The molecular formula is C17H27F2N. The summed E-state index contributed by atoms with van der Waals surface area (Å²) in [5.41, 5.74) is 0.609. The number of hydrogen-bond donors (Lipinski definition) is 1. The molecule has 0 heterocycles. The summed E-state index contributed by atoms with van der Waals surface area (Å²) >= 11 is 0. The molecule has 20 heavy (non-hydrogen) atoms. The highest BCUT2D eigenvalue weighted by molar-refractivity contribution is 5.24. The van der Waals surface area contributed by atoms with Crippen molar-refractivity contribution in [3.8, 4) is 0 Å². The Labute approximate surface area is 121 Å². The molecule has 1 rings (SSSR count). The van der Waals surface area contributed by atoms with E-state index in [0.717, 1.165) is 18.9 Å². The Hall–Kier alpha value is -0.960. The summed E-state index contributed by atoms with van der Waals surface area (Å²) in [6.07, 6.45) is 1.98. The Morgan fingerprint density at radius 3 is 2.15 bits per heavy atom. The van der Waals surface area contributed by atoms with Gasteiger partial charge in [-0.15, -0.1) is 0 Å². The Bertz CT molecular complexity index is 419. The van der Waals surface area contributed by atoms with Crippen LogP contribution in [0.3, 0.4) is 0 Å². The molecule has 0 aliphatic heterocycles. The lowest BCUT2D eigenvalue weighted by atomic mass is 9.82. The molecule has 0 saturated heterocycles. The average Bonchev–Trinajstić information content (AvgIpc) is 2.34. The highest BCUT2D eigenvalue weighted by Crippen LogP contribution is 2.31. The van der Waals surface area contributed by atoms with E-state index in [1.807, 2.05) is 0 Å². The molecule has 3 heteroatoms. The maximum Gasteiger partial charge on any atom is 0.129 e. The average molecular weight is 283 g/mol. The summed E-state index contributed by atoms with van der Waals surface area (Å²) in [7, 11) is 0. The van der Waals surface area contributed by atoms with Crippen LogP contribution in [0.5, 0.6) is 0 Å². The van der Waals surface area contributed by atoms with E-state index in [-0.39, 0.29) is 11.5 Å². The zero-order chi connectivity index (χ0) is 15.3. The van der Waals surface area contributed by atoms with Gasteiger partial charge < -0.3 is 5.32 Å². The van der Waals surface area contributed by atoms with E-state index in [1.165, 1.54) is 6.07 Å². The predicted molar refractivity (Wildman–Crippen MR) is 80.9 cm³/mol. The van der Waals surface area contributed by atoms with Gasteiger partial charge in [-0.1, -0.05) is 32.8 Å². The van der Waals surface area contributed by atoms with Crippen LogP contribution in [-0.4, -0.2) is 12.1 Å². The number of rotatable bonds is 6. The fourth-order valence-corrected chi connectivity index (χ4v) is 2.61. The highest BCUT2D eigenvalue weighted by Gasteiger charge is 2.25.